The Kier molecular flexibility index (Phi) is 6.15. The van der Waals surface area contributed by atoms with Crippen molar-refractivity contribution in [1.29, 1.82) is 0 Å². The van der Waals surface area contributed by atoms with Gasteiger partial charge in [0.25, 0.3) is 0 Å². The van der Waals surface area contributed by atoms with Crippen LogP contribution in [0.15, 0.2) is 24.3 Å². The number of rotatable bonds is 6. The van der Waals surface area contributed by atoms with Crippen molar-refractivity contribution in [2.75, 3.05) is 11.4 Å². The molecule has 0 radical (unpaired) electrons. The van der Waals surface area contributed by atoms with Crippen molar-refractivity contribution in [3.05, 3.63) is 29.8 Å². The molecule has 1 aliphatic heterocycles. The quantitative estimate of drug-likeness (QED) is 0.767. The van der Waals surface area contributed by atoms with E-state index in [1.807, 2.05) is 31.2 Å². The molecular formula is C22H31N3O4. The SMILES string of the molecule is CC[C@H](NC(=O)OC(C)(C)C)C(=O)N1c2ccccc2C[C@H]1C(=O)NCC1CC1. The minimum atomic E-state index is -0.769. The van der Waals surface area contributed by atoms with Gasteiger partial charge in [0.15, 0.2) is 0 Å². The number of carbonyl (C=O) groups is 3. The Hall–Kier alpha value is -2.57. The third-order valence-electron chi connectivity index (χ3n) is 5.18. The third kappa shape index (κ3) is 5.28. The Bertz CT molecular complexity index is 783. The van der Waals surface area contributed by atoms with Gasteiger partial charge in [0.1, 0.15) is 17.7 Å². The number of ether oxygens (including phenoxy) is 1. The van der Waals surface area contributed by atoms with Crippen molar-refractivity contribution in [3.63, 3.8) is 0 Å². The lowest BCUT2D eigenvalue weighted by Gasteiger charge is -2.29. The van der Waals surface area contributed by atoms with E-state index in [9.17, 15) is 14.4 Å². The Morgan fingerprint density at radius 1 is 1.21 bits per heavy atom. The fraction of sp³-hybridized carbons (Fsp3) is 0.591. The van der Waals surface area contributed by atoms with Crippen LogP contribution < -0.4 is 15.5 Å². The first-order valence-electron chi connectivity index (χ1n) is 10.4. The zero-order valence-electron chi connectivity index (χ0n) is 17.7. The van der Waals surface area contributed by atoms with Gasteiger partial charge in [-0.05, 0) is 57.6 Å². The standard InChI is InChI=1S/C22H31N3O4/c1-5-16(24-21(28)29-22(2,3)4)20(27)25-17-9-7-6-8-15(17)12-18(25)19(26)23-13-14-10-11-14/h6-9,14,16,18H,5,10-13H2,1-4H3,(H,23,26)(H,24,28)/t16-,18-/m0/s1. The van der Waals surface area contributed by atoms with Crippen LogP contribution in [0.5, 0.6) is 0 Å². The van der Waals surface area contributed by atoms with Crippen LogP contribution in [0, 0.1) is 5.92 Å². The number of hydrogen-bond acceptors (Lipinski definition) is 4. The molecule has 0 saturated heterocycles. The number of nitrogens with zero attached hydrogens (tertiary/aromatic N) is 1. The number of para-hydroxylation sites is 1. The normalized spacial score (nSPS) is 19.3. The number of nitrogens with one attached hydrogen (secondary N) is 2. The molecule has 0 aromatic heterocycles. The number of carbonyl (C=O) groups excluding carboxylic acids is 3. The summed E-state index contributed by atoms with van der Waals surface area (Å²) >= 11 is 0. The van der Waals surface area contributed by atoms with E-state index >= 15 is 0 Å². The molecule has 7 nitrogen and oxygen atoms in total. The van der Waals surface area contributed by atoms with Crippen LogP contribution in [-0.4, -0.2) is 42.1 Å². The van der Waals surface area contributed by atoms with Gasteiger partial charge in [-0.25, -0.2) is 4.79 Å². The number of benzene rings is 1. The minimum absolute atomic E-state index is 0.145. The monoisotopic (exact) mass is 401 g/mol. The molecule has 0 unspecified atom stereocenters. The Morgan fingerprint density at radius 2 is 1.90 bits per heavy atom. The predicted octanol–water partition coefficient (Wildman–Crippen LogP) is 2.77. The summed E-state index contributed by atoms with van der Waals surface area (Å²) < 4.78 is 5.30. The summed E-state index contributed by atoms with van der Waals surface area (Å²) in [5.41, 5.74) is 1.03. The molecule has 1 aromatic rings. The molecule has 1 aromatic carbocycles. The highest BCUT2D eigenvalue weighted by atomic mass is 16.6. The summed E-state index contributed by atoms with van der Waals surface area (Å²) in [6.07, 6.45) is 2.52. The highest BCUT2D eigenvalue weighted by Crippen LogP contribution is 2.33. The number of hydrogen-bond donors (Lipinski definition) is 2. The molecule has 29 heavy (non-hydrogen) atoms. The van der Waals surface area contributed by atoms with E-state index in [4.69, 9.17) is 4.74 Å². The van der Waals surface area contributed by atoms with Crippen LogP contribution in [-0.2, 0) is 20.7 Å². The van der Waals surface area contributed by atoms with Crippen LogP contribution in [0.1, 0.15) is 52.5 Å². The maximum absolute atomic E-state index is 13.4. The zero-order chi connectivity index (χ0) is 21.2. The van der Waals surface area contributed by atoms with E-state index < -0.39 is 23.8 Å². The number of anilines is 1. The van der Waals surface area contributed by atoms with Gasteiger partial charge < -0.3 is 15.4 Å². The second kappa shape index (κ2) is 8.43. The van der Waals surface area contributed by atoms with Crippen molar-refractivity contribution in [2.24, 2.45) is 5.92 Å². The molecule has 0 bridgehead atoms. The molecule has 158 valence electrons. The van der Waals surface area contributed by atoms with Crippen molar-refractivity contribution < 1.29 is 19.1 Å². The summed E-state index contributed by atoms with van der Waals surface area (Å²) in [7, 11) is 0. The van der Waals surface area contributed by atoms with Gasteiger partial charge in [0.2, 0.25) is 11.8 Å². The Morgan fingerprint density at radius 3 is 2.52 bits per heavy atom. The highest BCUT2D eigenvalue weighted by molar-refractivity contribution is 6.06. The summed E-state index contributed by atoms with van der Waals surface area (Å²) in [5.74, 6) is 0.118. The molecule has 2 atom stereocenters. The first-order valence-corrected chi connectivity index (χ1v) is 10.4. The molecule has 3 rings (SSSR count). The molecule has 1 fully saturated rings. The van der Waals surface area contributed by atoms with E-state index in [2.05, 4.69) is 10.6 Å². The maximum Gasteiger partial charge on any atom is 0.408 e. The molecule has 3 amide bonds. The van der Waals surface area contributed by atoms with Gasteiger partial charge in [-0.1, -0.05) is 25.1 Å². The van der Waals surface area contributed by atoms with E-state index in [0.29, 0.717) is 25.3 Å². The second-order valence-corrected chi connectivity index (χ2v) is 8.85. The lowest BCUT2D eigenvalue weighted by Crippen LogP contribution is -2.55. The van der Waals surface area contributed by atoms with Crippen LogP contribution in [0.2, 0.25) is 0 Å². The average Bonchev–Trinajstić information content (AvgIpc) is 3.40. The zero-order valence-corrected chi connectivity index (χ0v) is 17.7. The van der Waals surface area contributed by atoms with Gasteiger partial charge in [-0.2, -0.15) is 0 Å². The second-order valence-electron chi connectivity index (χ2n) is 8.85. The van der Waals surface area contributed by atoms with Gasteiger partial charge in [0, 0.05) is 18.7 Å². The number of amides is 3. The van der Waals surface area contributed by atoms with Crippen LogP contribution in [0.25, 0.3) is 0 Å². The summed E-state index contributed by atoms with van der Waals surface area (Å²) in [4.78, 5) is 40.0. The van der Waals surface area contributed by atoms with Gasteiger partial charge in [-0.15, -0.1) is 0 Å². The Labute approximate surface area is 172 Å². The van der Waals surface area contributed by atoms with E-state index in [1.165, 1.54) is 0 Å². The molecule has 1 aliphatic carbocycles. The third-order valence-corrected chi connectivity index (χ3v) is 5.18. The lowest BCUT2D eigenvalue weighted by molar-refractivity contribution is -0.127. The first kappa shape index (κ1) is 21.1. The van der Waals surface area contributed by atoms with Crippen molar-refractivity contribution >= 4 is 23.6 Å². The molecule has 0 spiro atoms. The number of alkyl carbamates (subject to hydrolysis) is 1. The molecule has 1 heterocycles. The first-order chi connectivity index (χ1) is 13.7. The molecule has 2 N–H and O–H groups in total. The van der Waals surface area contributed by atoms with Crippen LogP contribution >= 0.6 is 0 Å². The van der Waals surface area contributed by atoms with Crippen LogP contribution in [0.3, 0.4) is 0 Å². The molecule has 1 saturated carbocycles. The minimum Gasteiger partial charge on any atom is -0.444 e. The Balaban J connectivity index is 1.77. The van der Waals surface area contributed by atoms with Crippen molar-refractivity contribution in [2.45, 2.75) is 71.1 Å². The fourth-order valence-corrected chi connectivity index (χ4v) is 3.51. The molecule has 7 heteroatoms. The van der Waals surface area contributed by atoms with Crippen LogP contribution in [0.4, 0.5) is 10.5 Å². The fourth-order valence-electron chi connectivity index (χ4n) is 3.51. The summed E-state index contributed by atoms with van der Waals surface area (Å²) in [6, 6.07) is 6.17. The highest BCUT2D eigenvalue weighted by Gasteiger charge is 2.41. The summed E-state index contributed by atoms with van der Waals surface area (Å²) in [6.45, 7) is 7.79. The lowest BCUT2D eigenvalue weighted by atomic mass is 10.1. The van der Waals surface area contributed by atoms with E-state index in [1.54, 1.807) is 25.7 Å². The number of fused-ring (bicyclic) bond motifs is 1. The van der Waals surface area contributed by atoms with E-state index in [0.717, 1.165) is 24.1 Å². The van der Waals surface area contributed by atoms with E-state index in [-0.39, 0.29) is 11.8 Å². The average molecular weight is 402 g/mol. The molecular weight excluding hydrogens is 370 g/mol. The maximum atomic E-state index is 13.4. The van der Waals surface area contributed by atoms with Gasteiger partial charge in [0.05, 0.1) is 0 Å². The van der Waals surface area contributed by atoms with Gasteiger partial charge in [-0.3, -0.25) is 14.5 Å². The topological polar surface area (TPSA) is 87.7 Å². The largest absolute Gasteiger partial charge is 0.444 e. The summed E-state index contributed by atoms with van der Waals surface area (Å²) in [5, 5.41) is 5.66. The van der Waals surface area contributed by atoms with Crippen molar-refractivity contribution in [1.82, 2.24) is 10.6 Å². The van der Waals surface area contributed by atoms with Crippen molar-refractivity contribution in [3.8, 4) is 0 Å². The predicted molar refractivity (Wildman–Crippen MR) is 111 cm³/mol. The smallest absolute Gasteiger partial charge is 0.408 e. The van der Waals surface area contributed by atoms with Gasteiger partial charge >= 0.3 is 6.09 Å². The molecule has 2 aliphatic rings.